The van der Waals surface area contributed by atoms with Crippen LogP contribution in [0.25, 0.3) is 0 Å². The minimum Gasteiger partial charge on any atom is -0.444 e. The standard InChI is InChI=1S/C17H26ClFN2O2/c1-12(11-21(5)16(22)23-17(2,3)4)9-20-10-13-6-7-14(19)8-15(13)18/h6-8,12,20H,9-11H2,1-5H3. The van der Waals surface area contributed by atoms with E-state index in [1.165, 1.54) is 12.1 Å². The highest BCUT2D eigenvalue weighted by Crippen LogP contribution is 2.17. The van der Waals surface area contributed by atoms with Gasteiger partial charge in [-0.25, -0.2) is 9.18 Å². The molecule has 0 heterocycles. The fraction of sp³-hybridized carbons (Fsp3) is 0.588. The van der Waals surface area contributed by atoms with Gasteiger partial charge in [-0.2, -0.15) is 0 Å². The second-order valence-electron chi connectivity index (χ2n) is 6.83. The molecule has 1 aromatic carbocycles. The SMILES string of the molecule is CC(CNCc1ccc(F)cc1Cl)CN(C)C(=O)OC(C)(C)C. The minimum atomic E-state index is -0.494. The quantitative estimate of drug-likeness (QED) is 0.845. The van der Waals surface area contributed by atoms with Gasteiger partial charge < -0.3 is 15.0 Å². The molecule has 0 saturated carbocycles. The van der Waals surface area contributed by atoms with Gasteiger partial charge in [0.25, 0.3) is 0 Å². The summed E-state index contributed by atoms with van der Waals surface area (Å²) in [7, 11) is 1.72. The van der Waals surface area contributed by atoms with Gasteiger partial charge >= 0.3 is 6.09 Å². The van der Waals surface area contributed by atoms with Gasteiger partial charge in [-0.05, 0) is 50.9 Å². The summed E-state index contributed by atoms with van der Waals surface area (Å²) in [5, 5.41) is 3.68. The molecule has 1 unspecified atom stereocenters. The van der Waals surface area contributed by atoms with Gasteiger partial charge in [0, 0.05) is 25.2 Å². The largest absolute Gasteiger partial charge is 0.444 e. The highest BCUT2D eigenvalue weighted by Gasteiger charge is 2.20. The van der Waals surface area contributed by atoms with Crippen molar-refractivity contribution in [2.24, 2.45) is 5.92 Å². The zero-order valence-electron chi connectivity index (χ0n) is 14.5. The van der Waals surface area contributed by atoms with E-state index in [2.05, 4.69) is 5.32 Å². The molecule has 0 bridgehead atoms. The van der Waals surface area contributed by atoms with Crippen LogP contribution in [-0.2, 0) is 11.3 Å². The molecule has 1 atom stereocenters. The maximum atomic E-state index is 13.0. The predicted octanol–water partition coefficient (Wildman–Crippen LogP) is 4.07. The van der Waals surface area contributed by atoms with Crippen molar-refractivity contribution in [1.29, 1.82) is 0 Å². The first-order valence-electron chi connectivity index (χ1n) is 7.67. The number of benzene rings is 1. The topological polar surface area (TPSA) is 41.6 Å². The van der Waals surface area contributed by atoms with Gasteiger partial charge in [-0.1, -0.05) is 24.6 Å². The number of rotatable bonds is 6. The molecular formula is C17H26ClFN2O2. The Balaban J connectivity index is 2.36. The number of carbonyl (C=O) groups excluding carboxylic acids is 1. The lowest BCUT2D eigenvalue weighted by atomic mass is 10.1. The first-order valence-corrected chi connectivity index (χ1v) is 8.05. The van der Waals surface area contributed by atoms with E-state index in [4.69, 9.17) is 16.3 Å². The Morgan fingerprint density at radius 3 is 2.65 bits per heavy atom. The second kappa shape index (κ2) is 8.50. The molecule has 0 radical (unpaired) electrons. The first kappa shape index (κ1) is 19.7. The zero-order chi connectivity index (χ0) is 17.6. The van der Waals surface area contributed by atoms with Crippen molar-refractivity contribution in [3.05, 3.63) is 34.6 Å². The lowest BCUT2D eigenvalue weighted by Crippen LogP contribution is -2.38. The maximum absolute atomic E-state index is 13.0. The molecule has 0 aliphatic rings. The van der Waals surface area contributed by atoms with E-state index in [1.807, 2.05) is 27.7 Å². The normalized spacial score (nSPS) is 12.8. The van der Waals surface area contributed by atoms with Gasteiger partial charge in [0.1, 0.15) is 11.4 Å². The Morgan fingerprint density at radius 1 is 1.43 bits per heavy atom. The molecule has 1 aromatic rings. The molecule has 1 amide bonds. The number of nitrogens with one attached hydrogen (secondary N) is 1. The molecule has 0 spiro atoms. The number of ether oxygens (including phenoxy) is 1. The van der Waals surface area contributed by atoms with Crippen LogP contribution in [0.3, 0.4) is 0 Å². The summed E-state index contributed by atoms with van der Waals surface area (Å²) >= 11 is 5.98. The Labute approximate surface area is 142 Å². The summed E-state index contributed by atoms with van der Waals surface area (Å²) in [6.45, 7) is 9.42. The number of hydrogen-bond donors (Lipinski definition) is 1. The first-order chi connectivity index (χ1) is 10.6. The summed E-state index contributed by atoms with van der Waals surface area (Å²) in [5.74, 6) is -0.0992. The lowest BCUT2D eigenvalue weighted by Gasteiger charge is -2.26. The summed E-state index contributed by atoms with van der Waals surface area (Å²) in [5.41, 5.74) is 0.354. The smallest absolute Gasteiger partial charge is 0.410 e. The van der Waals surface area contributed by atoms with Crippen LogP contribution in [0.5, 0.6) is 0 Å². The van der Waals surface area contributed by atoms with Gasteiger partial charge in [-0.3, -0.25) is 0 Å². The van der Waals surface area contributed by atoms with Crippen molar-refractivity contribution in [3.63, 3.8) is 0 Å². The van der Waals surface area contributed by atoms with E-state index in [1.54, 1.807) is 18.0 Å². The van der Waals surface area contributed by atoms with Crippen LogP contribution in [0.4, 0.5) is 9.18 Å². The van der Waals surface area contributed by atoms with Crippen LogP contribution >= 0.6 is 11.6 Å². The maximum Gasteiger partial charge on any atom is 0.410 e. The number of nitrogens with zero attached hydrogens (tertiary/aromatic N) is 1. The fourth-order valence-electron chi connectivity index (χ4n) is 2.06. The molecule has 0 aliphatic heterocycles. The number of halogens is 2. The molecule has 0 saturated heterocycles. The van der Waals surface area contributed by atoms with Crippen molar-refractivity contribution < 1.29 is 13.9 Å². The monoisotopic (exact) mass is 344 g/mol. The third-order valence-electron chi connectivity index (χ3n) is 3.11. The Bertz CT molecular complexity index is 532. The average Bonchev–Trinajstić information content (AvgIpc) is 2.39. The molecule has 0 aromatic heterocycles. The summed E-state index contributed by atoms with van der Waals surface area (Å²) in [4.78, 5) is 13.5. The highest BCUT2D eigenvalue weighted by atomic mass is 35.5. The van der Waals surface area contributed by atoms with Gasteiger partial charge in [0.05, 0.1) is 0 Å². The van der Waals surface area contributed by atoms with Gasteiger partial charge in [0.2, 0.25) is 0 Å². The number of amides is 1. The number of carbonyl (C=O) groups is 1. The molecule has 1 rings (SSSR count). The Hall–Kier alpha value is -1.33. The predicted molar refractivity (Wildman–Crippen MR) is 91.1 cm³/mol. The Kier molecular flexibility index (Phi) is 7.29. The van der Waals surface area contributed by atoms with Gasteiger partial charge in [0.15, 0.2) is 0 Å². The van der Waals surface area contributed by atoms with E-state index in [0.717, 1.165) is 5.56 Å². The second-order valence-corrected chi connectivity index (χ2v) is 7.24. The van der Waals surface area contributed by atoms with Gasteiger partial charge in [-0.15, -0.1) is 0 Å². The molecule has 23 heavy (non-hydrogen) atoms. The summed E-state index contributed by atoms with van der Waals surface area (Å²) in [6, 6.07) is 4.36. The van der Waals surface area contributed by atoms with Crippen molar-refractivity contribution in [1.82, 2.24) is 10.2 Å². The third-order valence-corrected chi connectivity index (χ3v) is 3.47. The van der Waals surface area contributed by atoms with Crippen molar-refractivity contribution in [3.8, 4) is 0 Å². The van der Waals surface area contributed by atoms with E-state index in [9.17, 15) is 9.18 Å². The molecule has 0 aliphatic carbocycles. The molecular weight excluding hydrogens is 319 g/mol. The average molecular weight is 345 g/mol. The minimum absolute atomic E-state index is 0.242. The van der Waals surface area contributed by atoms with E-state index in [-0.39, 0.29) is 17.8 Å². The van der Waals surface area contributed by atoms with Crippen LogP contribution in [-0.4, -0.2) is 36.7 Å². The van der Waals surface area contributed by atoms with E-state index >= 15 is 0 Å². The van der Waals surface area contributed by atoms with Crippen LogP contribution in [0.2, 0.25) is 5.02 Å². The summed E-state index contributed by atoms with van der Waals surface area (Å²) < 4.78 is 18.3. The van der Waals surface area contributed by atoms with Crippen LogP contribution in [0.15, 0.2) is 18.2 Å². The van der Waals surface area contributed by atoms with Crippen molar-refractivity contribution >= 4 is 17.7 Å². The summed E-state index contributed by atoms with van der Waals surface area (Å²) in [6.07, 6.45) is -0.328. The van der Waals surface area contributed by atoms with E-state index in [0.29, 0.717) is 24.7 Å². The van der Waals surface area contributed by atoms with Crippen molar-refractivity contribution in [2.75, 3.05) is 20.1 Å². The van der Waals surface area contributed by atoms with E-state index < -0.39 is 5.60 Å². The molecule has 0 fully saturated rings. The van der Waals surface area contributed by atoms with Crippen LogP contribution in [0.1, 0.15) is 33.3 Å². The third kappa shape index (κ3) is 7.66. The highest BCUT2D eigenvalue weighted by molar-refractivity contribution is 6.31. The van der Waals surface area contributed by atoms with Crippen LogP contribution < -0.4 is 5.32 Å². The van der Waals surface area contributed by atoms with Crippen molar-refractivity contribution in [2.45, 2.75) is 39.8 Å². The number of hydrogen-bond acceptors (Lipinski definition) is 3. The zero-order valence-corrected chi connectivity index (χ0v) is 15.2. The molecule has 4 nitrogen and oxygen atoms in total. The molecule has 130 valence electrons. The van der Waals surface area contributed by atoms with Crippen LogP contribution in [0, 0.1) is 11.7 Å². The molecule has 6 heteroatoms. The Morgan fingerprint density at radius 2 is 2.09 bits per heavy atom. The molecule has 1 N–H and O–H groups in total. The fourth-order valence-corrected chi connectivity index (χ4v) is 2.30. The lowest BCUT2D eigenvalue weighted by molar-refractivity contribution is 0.0277.